The van der Waals surface area contributed by atoms with Crippen LogP contribution in [0.25, 0.3) is 11.0 Å². The number of hydrogen-bond acceptors (Lipinski definition) is 7. The van der Waals surface area contributed by atoms with E-state index in [0.717, 1.165) is 11.3 Å². The molecule has 9 heteroatoms. The van der Waals surface area contributed by atoms with Gasteiger partial charge in [-0.15, -0.1) is 11.3 Å². The average molecular weight is 545 g/mol. The van der Waals surface area contributed by atoms with Gasteiger partial charge in [0.15, 0.2) is 22.1 Å². The number of rotatable bonds is 6. The largest absolute Gasteiger partial charge is 0.493 e. The van der Waals surface area contributed by atoms with Crippen molar-refractivity contribution in [3.8, 4) is 11.5 Å². The molecule has 2 aromatic heterocycles. The third kappa shape index (κ3) is 4.12. The normalized spacial score (nSPS) is 14.7. The third-order valence-electron chi connectivity index (χ3n) is 6.39. The number of hydrogen-bond donors (Lipinski definition) is 0. The molecule has 0 unspecified atom stereocenters. The van der Waals surface area contributed by atoms with E-state index in [9.17, 15) is 9.59 Å². The Balaban J connectivity index is 1.49. The number of carbonyl (C=O) groups excluding carboxylic acids is 1. The summed E-state index contributed by atoms with van der Waals surface area (Å²) in [4.78, 5) is 33.6. The Kier molecular flexibility index (Phi) is 6.13. The number of aryl methyl sites for hydroxylation is 1. The molecule has 0 N–H and O–H groups in total. The number of halogens is 1. The predicted molar refractivity (Wildman–Crippen MR) is 147 cm³/mol. The standard InChI is InChI=1S/C29H21ClN2O5S/c1-16-15-38-29(31-16)32-25(24-26(33)20-13-19(30)9-11-21(20)37-27(24)28(32)34)18-8-10-22(23(12-18)35-2)36-14-17-6-4-3-5-7-17/h3-13,15,25H,14H2,1-2H3/t25-/m1/s1. The van der Waals surface area contributed by atoms with Crippen LogP contribution in [0.5, 0.6) is 11.5 Å². The molecule has 0 radical (unpaired) electrons. The van der Waals surface area contributed by atoms with E-state index in [-0.39, 0.29) is 16.8 Å². The zero-order valence-corrected chi connectivity index (χ0v) is 22.0. The molecule has 0 aliphatic carbocycles. The summed E-state index contributed by atoms with van der Waals surface area (Å²) in [5, 5.41) is 3.03. The summed E-state index contributed by atoms with van der Waals surface area (Å²) < 4.78 is 17.7. The monoisotopic (exact) mass is 544 g/mol. The minimum atomic E-state index is -0.778. The Hall–Kier alpha value is -4.14. The van der Waals surface area contributed by atoms with Gasteiger partial charge in [-0.25, -0.2) is 4.98 Å². The molecule has 6 rings (SSSR count). The highest BCUT2D eigenvalue weighted by atomic mass is 35.5. The number of ether oxygens (including phenoxy) is 2. The van der Waals surface area contributed by atoms with Gasteiger partial charge in [0.1, 0.15) is 12.2 Å². The number of fused-ring (bicyclic) bond motifs is 2. The van der Waals surface area contributed by atoms with Crippen molar-refractivity contribution >= 4 is 44.9 Å². The lowest BCUT2D eigenvalue weighted by atomic mass is 9.98. The maximum Gasteiger partial charge on any atom is 0.297 e. The highest BCUT2D eigenvalue weighted by molar-refractivity contribution is 7.14. The molecular weight excluding hydrogens is 524 g/mol. The predicted octanol–water partition coefficient (Wildman–Crippen LogP) is 6.55. The van der Waals surface area contributed by atoms with Crippen molar-refractivity contribution in [1.29, 1.82) is 0 Å². The Morgan fingerprint density at radius 1 is 1.05 bits per heavy atom. The van der Waals surface area contributed by atoms with Gasteiger partial charge in [-0.1, -0.05) is 48.0 Å². The molecule has 1 atom stereocenters. The van der Waals surface area contributed by atoms with Gasteiger partial charge in [-0.2, -0.15) is 0 Å². The Morgan fingerprint density at radius 2 is 1.87 bits per heavy atom. The molecule has 1 aliphatic rings. The number of methoxy groups -OCH3 is 1. The highest BCUT2D eigenvalue weighted by Gasteiger charge is 2.45. The lowest BCUT2D eigenvalue weighted by Crippen LogP contribution is -2.29. The molecule has 1 aliphatic heterocycles. The van der Waals surface area contributed by atoms with Gasteiger partial charge in [-0.3, -0.25) is 14.5 Å². The number of thiazole rings is 1. The summed E-state index contributed by atoms with van der Waals surface area (Å²) in [7, 11) is 1.55. The zero-order valence-electron chi connectivity index (χ0n) is 20.4. The molecule has 1 amide bonds. The Labute approximate surface area is 226 Å². The summed E-state index contributed by atoms with van der Waals surface area (Å²) in [5.74, 6) is 0.573. The molecule has 0 bridgehead atoms. The quantitative estimate of drug-likeness (QED) is 0.241. The smallest absolute Gasteiger partial charge is 0.297 e. The molecule has 0 fully saturated rings. The minimum absolute atomic E-state index is 0.00829. The van der Waals surface area contributed by atoms with Crippen LogP contribution >= 0.6 is 22.9 Å². The Bertz CT molecular complexity index is 1750. The van der Waals surface area contributed by atoms with Gasteiger partial charge in [0.05, 0.1) is 29.8 Å². The van der Waals surface area contributed by atoms with Crippen LogP contribution in [0, 0.1) is 6.92 Å². The fourth-order valence-corrected chi connectivity index (χ4v) is 5.62. The van der Waals surface area contributed by atoms with Crippen molar-refractivity contribution in [2.24, 2.45) is 0 Å². The van der Waals surface area contributed by atoms with E-state index in [1.165, 1.54) is 16.2 Å². The van der Waals surface area contributed by atoms with Crippen molar-refractivity contribution < 1.29 is 18.7 Å². The van der Waals surface area contributed by atoms with Crippen LogP contribution in [0.2, 0.25) is 5.02 Å². The SMILES string of the molecule is COc1cc([C@@H]2c3c(oc4ccc(Cl)cc4c3=O)C(=O)N2c2nc(C)cs2)ccc1OCc1ccccc1. The van der Waals surface area contributed by atoms with Crippen molar-refractivity contribution in [2.45, 2.75) is 19.6 Å². The molecule has 3 heterocycles. The van der Waals surface area contributed by atoms with Crippen LogP contribution in [0.15, 0.2) is 81.3 Å². The second-order valence-electron chi connectivity index (χ2n) is 8.85. The lowest BCUT2D eigenvalue weighted by molar-refractivity contribution is 0.0971. The van der Waals surface area contributed by atoms with Crippen LogP contribution in [-0.4, -0.2) is 18.0 Å². The van der Waals surface area contributed by atoms with Crippen LogP contribution in [-0.2, 0) is 6.61 Å². The number of aromatic nitrogens is 1. The van der Waals surface area contributed by atoms with Gasteiger partial charge in [-0.05, 0) is 48.4 Å². The van der Waals surface area contributed by atoms with E-state index in [4.69, 9.17) is 25.5 Å². The first-order valence-electron chi connectivity index (χ1n) is 11.8. The average Bonchev–Trinajstić information content (AvgIpc) is 3.49. The number of anilines is 1. The molecule has 7 nitrogen and oxygen atoms in total. The molecule has 190 valence electrons. The summed E-state index contributed by atoms with van der Waals surface area (Å²) in [6.07, 6.45) is 0. The molecule has 3 aromatic carbocycles. The first kappa shape index (κ1) is 24.2. The number of amides is 1. The van der Waals surface area contributed by atoms with Crippen molar-refractivity contribution in [3.05, 3.63) is 116 Å². The second-order valence-corrected chi connectivity index (χ2v) is 10.1. The van der Waals surface area contributed by atoms with Crippen molar-refractivity contribution in [3.63, 3.8) is 0 Å². The fraction of sp³-hybridized carbons (Fsp3) is 0.138. The summed E-state index contributed by atoms with van der Waals surface area (Å²) >= 11 is 7.51. The van der Waals surface area contributed by atoms with E-state index >= 15 is 0 Å². The van der Waals surface area contributed by atoms with E-state index < -0.39 is 11.9 Å². The third-order valence-corrected chi connectivity index (χ3v) is 7.58. The first-order valence-corrected chi connectivity index (χ1v) is 13.1. The second kappa shape index (κ2) is 9.63. The summed E-state index contributed by atoms with van der Waals surface area (Å²) in [6, 6.07) is 19.2. The number of nitrogens with zero attached hydrogens (tertiary/aromatic N) is 2. The maximum absolute atomic E-state index is 13.8. The fourth-order valence-electron chi connectivity index (χ4n) is 4.62. The molecule has 38 heavy (non-hydrogen) atoms. The summed E-state index contributed by atoms with van der Waals surface area (Å²) in [5.41, 5.74) is 2.65. The molecule has 0 saturated carbocycles. The van der Waals surface area contributed by atoms with E-state index in [1.807, 2.05) is 48.7 Å². The van der Waals surface area contributed by atoms with E-state index in [1.54, 1.807) is 37.4 Å². The first-order chi connectivity index (χ1) is 18.4. The molecule has 0 saturated heterocycles. The number of carbonyl (C=O) groups is 1. The van der Waals surface area contributed by atoms with E-state index in [0.29, 0.717) is 44.8 Å². The zero-order chi connectivity index (χ0) is 26.4. The van der Waals surface area contributed by atoms with Gasteiger partial charge in [0, 0.05) is 10.4 Å². The van der Waals surface area contributed by atoms with Crippen LogP contribution < -0.4 is 19.8 Å². The lowest BCUT2D eigenvalue weighted by Gasteiger charge is -2.23. The summed E-state index contributed by atoms with van der Waals surface area (Å²) in [6.45, 7) is 2.21. The van der Waals surface area contributed by atoms with Gasteiger partial charge in [0.2, 0.25) is 5.76 Å². The van der Waals surface area contributed by atoms with Gasteiger partial charge >= 0.3 is 0 Å². The number of benzene rings is 3. The van der Waals surface area contributed by atoms with Crippen molar-refractivity contribution in [1.82, 2.24) is 4.98 Å². The molecule has 0 spiro atoms. The van der Waals surface area contributed by atoms with E-state index in [2.05, 4.69) is 4.98 Å². The van der Waals surface area contributed by atoms with Crippen LogP contribution in [0.4, 0.5) is 5.13 Å². The topological polar surface area (TPSA) is 81.9 Å². The highest BCUT2D eigenvalue weighted by Crippen LogP contribution is 2.44. The van der Waals surface area contributed by atoms with Crippen LogP contribution in [0.1, 0.15) is 39.0 Å². The maximum atomic E-state index is 13.8. The van der Waals surface area contributed by atoms with Crippen molar-refractivity contribution in [2.75, 3.05) is 12.0 Å². The Morgan fingerprint density at radius 3 is 2.61 bits per heavy atom. The molecular formula is C29H21ClN2O5S. The molecule has 5 aromatic rings. The van der Waals surface area contributed by atoms with Gasteiger partial charge in [0.25, 0.3) is 5.91 Å². The van der Waals surface area contributed by atoms with Gasteiger partial charge < -0.3 is 13.9 Å². The minimum Gasteiger partial charge on any atom is -0.493 e. The van der Waals surface area contributed by atoms with Crippen LogP contribution in [0.3, 0.4) is 0 Å².